The second-order valence-electron chi connectivity index (χ2n) is 6.23. The van der Waals surface area contributed by atoms with E-state index in [0.29, 0.717) is 24.7 Å². The van der Waals surface area contributed by atoms with E-state index < -0.39 is 10.0 Å². The first-order valence-corrected chi connectivity index (χ1v) is 9.62. The topological polar surface area (TPSA) is 67.4 Å². The summed E-state index contributed by atoms with van der Waals surface area (Å²) in [4.78, 5) is 0.302. The average molecular weight is 344 g/mol. The molecule has 1 unspecified atom stereocenters. The molecule has 24 heavy (non-hydrogen) atoms. The lowest BCUT2D eigenvalue weighted by atomic mass is 9.95. The molecule has 2 N–H and O–H groups in total. The number of fused-ring (bicyclic) bond motifs is 2. The van der Waals surface area contributed by atoms with E-state index in [1.807, 2.05) is 18.2 Å². The van der Waals surface area contributed by atoms with Crippen LogP contribution < -0.4 is 10.0 Å². The molecule has 2 aliphatic rings. The van der Waals surface area contributed by atoms with Crippen LogP contribution in [0.3, 0.4) is 0 Å². The molecule has 0 saturated carbocycles. The Morgan fingerprint density at radius 1 is 1.08 bits per heavy atom. The Kier molecular flexibility index (Phi) is 4.14. The highest BCUT2D eigenvalue weighted by atomic mass is 32.2. The van der Waals surface area contributed by atoms with Crippen molar-refractivity contribution < 1.29 is 13.2 Å². The van der Waals surface area contributed by atoms with Gasteiger partial charge in [0.05, 0.1) is 18.1 Å². The predicted octanol–water partition coefficient (Wildman–Crippen LogP) is 1.88. The highest BCUT2D eigenvalue weighted by molar-refractivity contribution is 7.89. The molecule has 5 nitrogen and oxygen atoms in total. The Morgan fingerprint density at radius 3 is 2.83 bits per heavy atom. The van der Waals surface area contributed by atoms with Gasteiger partial charge in [-0.15, -0.1) is 0 Å². The zero-order chi connectivity index (χ0) is 16.6. The molecule has 0 aliphatic carbocycles. The molecular weight excluding hydrogens is 324 g/mol. The molecule has 1 atom stereocenters. The zero-order valence-electron chi connectivity index (χ0n) is 13.3. The minimum atomic E-state index is -3.53. The van der Waals surface area contributed by atoms with Gasteiger partial charge < -0.3 is 10.1 Å². The van der Waals surface area contributed by atoms with E-state index in [9.17, 15) is 8.42 Å². The van der Waals surface area contributed by atoms with Crippen molar-refractivity contribution in [2.45, 2.75) is 30.6 Å². The molecule has 2 aromatic rings. The molecule has 0 saturated heterocycles. The van der Waals surface area contributed by atoms with Crippen LogP contribution in [0.25, 0.3) is 0 Å². The van der Waals surface area contributed by atoms with Crippen molar-refractivity contribution in [1.29, 1.82) is 0 Å². The summed E-state index contributed by atoms with van der Waals surface area (Å²) in [5, 5.41) is 3.39. The van der Waals surface area contributed by atoms with Gasteiger partial charge in [0, 0.05) is 12.6 Å². The summed E-state index contributed by atoms with van der Waals surface area (Å²) in [6.45, 7) is 2.24. The molecular formula is C18H20N2O3S. The molecule has 0 spiro atoms. The van der Waals surface area contributed by atoms with Crippen LogP contribution in [0.4, 0.5) is 0 Å². The summed E-state index contributed by atoms with van der Waals surface area (Å²) < 4.78 is 33.3. The van der Waals surface area contributed by atoms with Gasteiger partial charge in [0.2, 0.25) is 10.0 Å². The zero-order valence-corrected chi connectivity index (χ0v) is 14.1. The van der Waals surface area contributed by atoms with Crippen LogP contribution in [-0.4, -0.2) is 21.5 Å². The van der Waals surface area contributed by atoms with Crippen LogP contribution in [0.1, 0.15) is 28.3 Å². The van der Waals surface area contributed by atoms with Gasteiger partial charge in [0.15, 0.2) is 0 Å². The molecule has 4 rings (SSSR count). The number of sulfonamides is 1. The summed E-state index contributed by atoms with van der Waals surface area (Å²) in [6.07, 6.45) is 0.976. The Labute approximate surface area is 142 Å². The van der Waals surface area contributed by atoms with Crippen molar-refractivity contribution in [3.05, 3.63) is 64.7 Å². The van der Waals surface area contributed by atoms with Crippen LogP contribution >= 0.6 is 0 Å². The normalized spacial score (nSPS) is 19.8. The van der Waals surface area contributed by atoms with Gasteiger partial charge in [0.1, 0.15) is 0 Å². The van der Waals surface area contributed by atoms with Crippen LogP contribution in [-0.2, 0) is 34.4 Å². The molecule has 0 fully saturated rings. The number of nitrogens with one attached hydrogen (secondary N) is 2. The lowest BCUT2D eigenvalue weighted by Crippen LogP contribution is -2.38. The Balaban J connectivity index is 1.51. The van der Waals surface area contributed by atoms with Crippen LogP contribution in [0, 0.1) is 0 Å². The fraction of sp³-hybridized carbons (Fsp3) is 0.333. The molecule has 2 aromatic carbocycles. The van der Waals surface area contributed by atoms with E-state index in [4.69, 9.17) is 4.74 Å². The summed E-state index contributed by atoms with van der Waals surface area (Å²) in [7, 11) is -3.53. The summed E-state index contributed by atoms with van der Waals surface area (Å²) >= 11 is 0. The Hall–Kier alpha value is -1.73. The highest BCUT2D eigenvalue weighted by Crippen LogP contribution is 2.24. The minimum Gasteiger partial charge on any atom is -0.372 e. The van der Waals surface area contributed by atoms with E-state index in [-0.39, 0.29) is 6.04 Å². The Morgan fingerprint density at radius 2 is 1.92 bits per heavy atom. The van der Waals surface area contributed by atoms with E-state index in [0.717, 1.165) is 24.1 Å². The first kappa shape index (κ1) is 15.8. The van der Waals surface area contributed by atoms with Crippen molar-refractivity contribution in [2.24, 2.45) is 0 Å². The minimum absolute atomic E-state index is 0.00230. The molecule has 0 radical (unpaired) electrons. The third-order valence-corrected chi connectivity index (χ3v) is 6.12. The van der Waals surface area contributed by atoms with Crippen molar-refractivity contribution >= 4 is 10.0 Å². The molecule has 126 valence electrons. The average Bonchev–Trinajstić information content (AvgIpc) is 3.07. The third kappa shape index (κ3) is 2.98. The summed E-state index contributed by atoms with van der Waals surface area (Å²) in [5.41, 5.74) is 4.49. The van der Waals surface area contributed by atoms with Gasteiger partial charge in [-0.2, -0.15) is 0 Å². The van der Waals surface area contributed by atoms with Gasteiger partial charge in [-0.1, -0.05) is 30.3 Å². The van der Waals surface area contributed by atoms with Gasteiger partial charge in [-0.3, -0.25) is 0 Å². The smallest absolute Gasteiger partial charge is 0.240 e. The number of hydrogen-bond donors (Lipinski definition) is 2. The standard InChI is InChI=1S/C18H20N2O3S/c21-24(22,16-6-5-14-11-23-12-15(14)9-16)20-10-18-17-4-2-1-3-13(17)7-8-19-18/h1-6,9,18-20H,7-8,10-12H2. The molecule has 0 amide bonds. The van der Waals surface area contributed by atoms with Crippen LogP contribution in [0.15, 0.2) is 47.4 Å². The van der Waals surface area contributed by atoms with Crippen LogP contribution in [0.5, 0.6) is 0 Å². The maximum atomic E-state index is 12.6. The van der Waals surface area contributed by atoms with Crippen molar-refractivity contribution in [3.63, 3.8) is 0 Å². The second kappa shape index (κ2) is 6.29. The monoisotopic (exact) mass is 344 g/mol. The Bertz CT molecular complexity index is 864. The summed E-state index contributed by atoms with van der Waals surface area (Å²) in [5.74, 6) is 0. The fourth-order valence-electron chi connectivity index (χ4n) is 3.37. The number of hydrogen-bond acceptors (Lipinski definition) is 4. The predicted molar refractivity (Wildman–Crippen MR) is 91.0 cm³/mol. The van der Waals surface area contributed by atoms with Crippen molar-refractivity contribution in [2.75, 3.05) is 13.1 Å². The van der Waals surface area contributed by atoms with E-state index in [1.54, 1.807) is 12.1 Å². The highest BCUT2D eigenvalue weighted by Gasteiger charge is 2.23. The molecule has 2 aliphatic heterocycles. The summed E-state index contributed by atoms with van der Waals surface area (Å²) in [6, 6.07) is 13.4. The SMILES string of the molecule is O=S(=O)(NCC1NCCc2ccccc21)c1ccc2c(c1)COC2. The van der Waals surface area contributed by atoms with E-state index >= 15 is 0 Å². The van der Waals surface area contributed by atoms with Gasteiger partial charge in [0.25, 0.3) is 0 Å². The van der Waals surface area contributed by atoms with Gasteiger partial charge in [-0.25, -0.2) is 13.1 Å². The van der Waals surface area contributed by atoms with Crippen LogP contribution in [0.2, 0.25) is 0 Å². The van der Waals surface area contributed by atoms with E-state index in [2.05, 4.69) is 22.2 Å². The number of benzene rings is 2. The number of ether oxygens (including phenoxy) is 1. The molecule has 0 aromatic heterocycles. The lowest BCUT2D eigenvalue weighted by molar-refractivity contribution is 0.134. The van der Waals surface area contributed by atoms with Gasteiger partial charge in [-0.05, 0) is 47.4 Å². The molecule has 0 bridgehead atoms. The maximum Gasteiger partial charge on any atom is 0.240 e. The quantitative estimate of drug-likeness (QED) is 0.889. The van der Waals surface area contributed by atoms with Crippen molar-refractivity contribution in [3.8, 4) is 0 Å². The first-order valence-electron chi connectivity index (χ1n) is 8.14. The molecule has 2 heterocycles. The third-order valence-electron chi connectivity index (χ3n) is 4.70. The second-order valence-corrected chi connectivity index (χ2v) is 8.00. The van der Waals surface area contributed by atoms with Crippen molar-refractivity contribution in [1.82, 2.24) is 10.0 Å². The first-order chi connectivity index (χ1) is 11.6. The lowest BCUT2D eigenvalue weighted by Gasteiger charge is -2.27. The largest absolute Gasteiger partial charge is 0.372 e. The molecule has 6 heteroatoms. The fourth-order valence-corrected chi connectivity index (χ4v) is 4.46. The van der Waals surface area contributed by atoms with E-state index in [1.165, 1.54) is 11.1 Å². The van der Waals surface area contributed by atoms with Gasteiger partial charge >= 0.3 is 0 Å². The maximum absolute atomic E-state index is 12.6. The number of rotatable bonds is 4.